The summed E-state index contributed by atoms with van der Waals surface area (Å²) in [5, 5.41) is 0.800. The molecule has 2 aromatic rings. The van der Waals surface area contributed by atoms with Crippen molar-refractivity contribution in [3.63, 3.8) is 0 Å². The van der Waals surface area contributed by atoms with Gasteiger partial charge in [-0.2, -0.15) is 0 Å². The summed E-state index contributed by atoms with van der Waals surface area (Å²) in [6.45, 7) is 6.48. The average molecular weight is 319 g/mol. The Kier molecular flexibility index (Phi) is 4.65. The van der Waals surface area contributed by atoms with Crippen LogP contribution in [0.4, 0.5) is 0 Å². The van der Waals surface area contributed by atoms with Gasteiger partial charge in [-0.25, -0.2) is 0 Å². The second-order valence-corrected chi connectivity index (χ2v) is 5.63. The van der Waals surface area contributed by atoms with Gasteiger partial charge in [0.15, 0.2) is 0 Å². The Morgan fingerprint density at radius 2 is 1.74 bits per heavy atom. The molecule has 0 aliphatic heterocycles. The quantitative estimate of drug-likeness (QED) is 0.647. The molecule has 0 heterocycles. The van der Waals surface area contributed by atoms with Gasteiger partial charge in [-0.3, -0.25) is 0 Å². The molecule has 0 fully saturated rings. The Morgan fingerprint density at radius 3 is 2.32 bits per heavy atom. The van der Waals surface area contributed by atoms with Crippen molar-refractivity contribution in [2.75, 3.05) is 0 Å². The summed E-state index contributed by atoms with van der Waals surface area (Å²) in [4.78, 5) is 0. The van der Waals surface area contributed by atoms with E-state index in [2.05, 4.69) is 61.0 Å². The molecule has 0 amide bonds. The van der Waals surface area contributed by atoms with Crippen molar-refractivity contribution in [3.8, 4) is 11.5 Å². The Morgan fingerprint density at radius 1 is 1.05 bits per heavy atom. The molecular weight excluding hydrogens is 300 g/mol. The van der Waals surface area contributed by atoms with Crippen molar-refractivity contribution in [1.82, 2.24) is 0 Å². The molecule has 2 rings (SSSR count). The molecule has 19 heavy (non-hydrogen) atoms. The first kappa shape index (κ1) is 14.1. The van der Waals surface area contributed by atoms with E-state index in [1.807, 2.05) is 18.2 Å². The summed E-state index contributed by atoms with van der Waals surface area (Å²) in [7, 11) is 0. The number of alkyl halides is 1. The number of benzene rings is 2. The predicted octanol–water partition coefficient (Wildman–Crippen LogP) is 5.81. The van der Waals surface area contributed by atoms with Gasteiger partial charge >= 0.3 is 0 Å². The highest BCUT2D eigenvalue weighted by Crippen LogP contribution is 2.28. The summed E-state index contributed by atoms with van der Waals surface area (Å²) < 4.78 is 5.96. The first-order valence-electron chi connectivity index (χ1n) is 6.53. The third-order valence-electron chi connectivity index (χ3n) is 3.13. The molecule has 100 valence electrons. The van der Waals surface area contributed by atoms with E-state index in [0.717, 1.165) is 16.8 Å². The average Bonchev–Trinajstić information content (AvgIpc) is 2.41. The van der Waals surface area contributed by atoms with Crippen LogP contribution in [-0.2, 0) is 5.33 Å². The highest BCUT2D eigenvalue weighted by atomic mass is 79.9. The molecule has 0 aliphatic carbocycles. The molecular formula is C17H19BrO. The summed E-state index contributed by atoms with van der Waals surface area (Å²) in [6.07, 6.45) is 0. The number of aryl methyl sites for hydroxylation is 1. The van der Waals surface area contributed by atoms with E-state index in [-0.39, 0.29) is 0 Å². The van der Waals surface area contributed by atoms with Crippen LogP contribution in [0.2, 0.25) is 0 Å². The summed E-state index contributed by atoms with van der Waals surface area (Å²) in [5.41, 5.74) is 3.75. The van der Waals surface area contributed by atoms with E-state index in [1.165, 1.54) is 16.7 Å². The van der Waals surface area contributed by atoms with Crippen molar-refractivity contribution >= 4 is 15.9 Å². The predicted molar refractivity (Wildman–Crippen MR) is 84.4 cm³/mol. The van der Waals surface area contributed by atoms with Gasteiger partial charge in [-0.05, 0) is 36.6 Å². The molecule has 1 nitrogen and oxygen atoms in total. The SMILES string of the molecule is Cc1ccc(Oc2ccc(C(C)C)cc2)c(CBr)c1. The highest BCUT2D eigenvalue weighted by molar-refractivity contribution is 9.08. The normalized spacial score (nSPS) is 10.8. The first-order chi connectivity index (χ1) is 9.10. The van der Waals surface area contributed by atoms with Crippen LogP contribution in [0.5, 0.6) is 11.5 Å². The molecule has 0 unspecified atom stereocenters. The minimum Gasteiger partial charge on any atom is -0.457 e. The number of hydrogen-bond acceptors (Lipinski definition) is 1. The van der Waals surface area contributed by atoms with Gasteiger partial charge in [0.05, 0.1) is 0 Å². The second-order valence-electron chi connectivity index (χ2n) is 5.07. The van der Waals surface area contributed by atoms with Gasteiger partial charge in [0, 0.05) is 10.9 Å². The van der Waals surface area contributed by atoms with Gasteiger partial charge in [-0.1, -0.05) is 59.6 Å². The highest BCUT2D eigenvalue weighted by Gasteiger charge is 2.05. The Labute approximate surface area is 123 Å². The maximum absolute atomic E-state index is 5.96. The van der Waals surface area contributed by atoms with Gasteiger partial charge in [-0.15, -0.1) is 0 Å². The minimum absolute atomic E-state index is 0.548. The summed E-state index contributed by atoms with van der Waals surface area (Å²) >= 11 is 3.51. The molecule has 0 radical (unpaired) electrons. The van der Waals surface area contributed by atoms with Crippen LogP contribution < -0.4 is 4.74 Å². The van der Waals surface area contributed by atoms with Gasteiger partial charge < -0.3 is 4.74 Å². The van der Waals surface area contributed by atoms with Gasteiger partial charge in [0.25, 0.3) is 0 Å². The number of rotatable bonds is 4. The Balaban J connectivity index is 2.21. The van der Waals surface area contributed by atoms with Crippen LogP contribution in [0.25, 0.3) is 0 Å². The molecule has 0 atom stereocenters. The van der Waals surface area contributed by atoms with Crippen molar-refractivity contribution in [2.24, 2.45) is 0 Å². The smallest absolute Gasteiger partial charge is 0.131 e. The van der Waals surface area contributed by atoms with E-state index in [9.17, 15) is 0 Å². The van der Waals surface area contributed by atoms with Crippen LogP contribution in [0.1, 0.15) is 36.5 Å². The van der Waals surface area contributed by atoms with E-state index >= 15 is 0 Å². The van der Waals surface area contributed by atoms with Gasteiger partial charge in [0.1, 0.15) is 11.5 Å². The molecule has 0 saturated carbocycles. The third-order valence-corrected chi connectivity index (χ3v) is 3.74. The monoisotopic (exact) mass is 318 g/mol. The van der Waals surface area contributed by atoms with Gasteiger partial charge in [0.2, 0.25) is 0 Å². The minimum atomic E-state index is 0.548. The van der Waals surface area contributed by atoms with Crippen molar-refractivity contribution in [3.05, 3.63) is 59.2 Å². The second kappa shape index (κ2) is 6.25. The molecule has 0 aromatic heterocycles. The lowest BCUT2D eigenvalue weighted by Crippen LogP contribution is -1.91. The number of ether oxygens (including phenoxy) is 1. The van der Waals surface area contributed by atoms with Crippen LogP contribution in [0.15, 0.2) is 42.5 Å². The van der Waals surface area contributed by atoms with Crippen molar-refractivity contribution < 1.29 is 4.74 Å². The maximum atomic E-state index is 5.96. The summed E-state index contributed by atoms with van der Waals surface area (Å²) in [5.74, 6) is 2.35. The topological polar surface area (TPSA) is 9.23 Å². The zero-order valence-electron chi connectivity index (χ0n) is 11.6. The first-order valence-corrected chi connectivity index (χ1v) is 7.65. The number of halogens is 1. The fraction of sp³-hybridized carbons (Fsp3) is 0.294. The largest absolute Gasteiger partial charge is 0.457 e. The maximum Gasteiger partial charge on any atom is 0.131 e. The molecule has 2 heteroatoms. The van der Waals surface area contributed by atoms with Crippen LogP contribution in [-0.4, -0.2) is 0 Å². The van der Waals surface area contributed by atoms with E-state index < -0.39 is 0 Å². The third kappa shape index (κ3) is 3.60. The van der Waals surface area contributed by atoms with E-state index in [4.69, 9.17) is 4.74 Å². The lowest BCUT2D eigenvalue weighted by molar-refractivity contribution is 0.478. The van der Waals surface area contributed by atoms with Crippen LogP contribution in [0, 0.1) is 6.92 Å². The lowest BCUT2D eigenvalue weighted by atomic mass is 10.0. The number of hydrogen-bond donors (Lipinski definition) is 0. The van der Waals surface area contributed by atoms with Crippen molar-refractivity contribution in [2.45, 2.75) is 32.0 Å². The lowest BCUT2D eigenvalue weighted by Gasteiger charge is -2.11. The van der Waals surface area contributed by atoms with E-state index in [1.54, 1.807) is 0 Å². The summed E-state index contributed by atoms with van der Waals surface area (Å²) in [6, 6.07) is 14.6. The standard InChI is InChI=1S/C17H19BrO/c1-12(2)14-5-7-16(8-6-14)19-17-9-4-13(3)10-15(17)11-18/h4-10,12H,11H2,1-3H3. The molecule has 2 aromatic carbocycles. The zero-order valence-corrected chi connectivity index (χ0v) is 13.2. The Hall–Kier alpha value is -1.28. The molecule has 0 saturated heterocycles. The fourth-order valence-electron chi connectivity index (χ4n) is 1.96. The molecule has 0 aliphatic rings. The van der Waals surface area contributed by atoms with Crippen molar-refractivity contribution in [1.29, 1.82) is 0 Å². The molecule has 0 N–H and O–H groups in total. The molecule has 0 spiro atoms. The Bertz CT molecular complexity index is 544. The molecule has 0 bridgehead atoms. The zero-order chi connectivity index (χ0) is 13.8. The fourth-order valence-corrected chi connectivity index (χ4v) is 2.40. The van der Waals surface area contributed by atoms with E-state index in [0.29, 0.717) is 5.92 Å². The van der Waals surface area contributed by atoms with Crippen LogP contribution >= 0.6 is 15.9 Å². The van der Waals surface area contributed by atoms with Crippen LogP contribution in [0.3, 0.4) is 0 Å².